The lowest BCUT2D eigenvalue weighted by Gasteiger charge is -2.29. The van der Waals surface area contributed by atoms with Gasteiger partial charge in [0.1, 0.15) is 23.6 Å². The molecule has 12 heteroatoms. The van der Waals surface area contributed by atoms with E-state index in [1.54, 1.807) is 6.92 Å². The van der Waals surface area contributed by atoms with Crippen LogP contribution in [0.5, 0.6) is 11.5 Å². The molecule has 0 aliphatic carbocycles. The molecule has 4 bridgehead atoms. The zero-order chi connectivity index (χ0) is 42.1. The highest BCUT2D eigenvalue weighted by molar-refractivity contribution is 5.96. The summed E-state index contributed by atoms with van der Waals surface area (Å²) in [4.78, 5) is 80.0. The highest BCUT2D eigenvalue weighted by Gasteiger charge is 2.33. The van der Waals surface area contributed by atoms with E-state index in [9.17, 15) is 44.1 Å². The van der Waals surface area contributed by atoms with E-state index < -0.39 is 47.6 Å². The van der Waals surface area contributed by atoms with Gasteiger partial charge in [-0.15, -0.1) is 0 Å². The zero-order valence-corrected chi connectivity index (χ0v) is 34.6. The van der Waals surface area contributed by atoms with Crippen molar-refractivity contribution in [2.75, 3.05) is 7.05 Å². The van der Waals surface area contributed by atoms with Gasteiger partial charge in [-0.1, -0.05) is 110 Å². The first-order valence-corrected chi connectivity index (χ1v) is 20.9. The number of amides is 3. The molecule has 0 aromatic heterocycles. The minimum Gasteiger partial charge on any atom is -0.507 e. The fourth-order valence-corrected chi connectivity index (χ4v) is 7.37. The van der Waals surface area contributed by atoms with Crippen LogP contribution in [0.1, 0.15) is 148 Å². The number of Topliss-reactive ketones (excluding diaryl/α,β-unsaturated/α-hetero) is 2. The van der Waals surface area contributed by atoms with Crippen molar-refractivity contribution in [2.45, 2.75) is 155 Å². The third-order valence-corrected chi connectivity index (χ3v) is 11.1. The number of aliphatic carboxylic acids is 1. The zero-order valence-electron chi connectivity index (χ0n) is 34.6. The first kappa shape index (κ1) is 46.6. The van der Waals surface area contributed by atoms with Gasteiger partial charge in [0, 0.05) is 55.7 Å². The summed E-state index contributed by atoms with van der Waals surface area (Å²) in [7, 11) is 1.41. The van der Waals surface area contributed by atoms with E-state index in [1.165, 1.54) is 113 Å². The predicted molar refractivity (Wildman–Crippen MR) is 219 cm³/mol. The number of phenolic OH excluding ortho intramolecular Hbond substituents is 2. The minimum atomic E-state index is -1.33. The molecular formula is C45H65N3O9. The number of unbranched alkanes of at least 4 members (excludes halogenated alkanes) is 11. The molecule has 0 fully saturated rings. The number of nitrogens with zero attached hydrogens (tertiary/aromatic N) is 1. The number of benzene rings is 2. The highest BCUT2D eigenvalue weighted by atomic mass is 16.4. The third-order valence-electron chi connectivity index (χ3n) is 11.1. The number of carboxylic acid groups (broad SMARTS) is 1. The summed E-state index contributed by atoms with van der Waals surface area (Å²) in [5, 5.41) is 36.7. The summed E-state index contributed by atoms with van der Waals surface area (Å²) in [6.45, 7) is 7.17. The number of aromatic hydroxyl groups is 2. The SMILES string of the molecule is CCCCCCCCCCCCCCC(C)C(=O)N[C@H](C)C(=O)CCC(=O)N(C)[C@@H]1C(=O)C[C@@H](C)C(=O)N[C@H](C(=O)O)Cc2ccc(O)c(c2)-c2cc1ccc2O. The summed E-state index contributed by atoms with van der Waals surface area (Å²) >= 11 is 0. The number of rotatable bonds is 21. The number of likely N-dealkylation sites (N-methyl/N-ethyl adjacent to an activating group) is 1. The number of carboxylic acids is 1. The molecule has 1 aliphatic heterocycles. The number of carbonyl (C=O) groups excluding carboxylic acids is 5. The molecule has 1 unspecified atom stereocenters. The lowest BCUT2D eigenvalue weighted by Crippen LogP contribution is -2.45. The summed E-state index contributed by atoms with van der Waals surface area (Å²) in [6, 6.07) is 5.28. The first-order valence-electron chi connectivity index (χ1n) is 20.9. The molecule has 5 N–H and O–H groups in total. The summed E-state index contributed by atoms with van der Waals surface area (Å²) < 4.78 is 0. The number of hydrogen-bond acceptors (Lipinski definition) is 8. The summed E-state index contributed by atoms with van der Waals surface area (Å²) in [6.07, 6.45) is 14.7. The van der Waals surface area contributed by atoms with Gasteiger partial charge < -0.3 is 30.9 Å². The second-order valence-electron chi connectivity index (χ2n) is 16.0. The van der Waals surface area contributed by atoms with Crippen LogP contribution in [0.2, 0.25) is 0 Å². The largest absolute Gasteiger partial charge is 0.507 e. The van der Waals surface area contributed by atoms with Crippen molar-refractivity contribution in [1.29, 1.82) is 0 Å². The van der Waals surface area contributed by atoms with E-state index in [0.29, 0.717) is 11.1 Å². The number of hydrogen-bond donors (Lipinski definition) is 5. The summed E-state index contributed by atoms with van der Waals surface area (Å²) in [5.74, 6) is -5.19. The quantitative estimate of drug-likeness (QED) is 0.0794. The van der Waals surface area contributed by atoms with Gasteiger partial charge in [-0.05, 0) is 48.7 Å². The van der Waals surface area contributed by atoms with Gasteiger partial charge in [0.15, 0.2) is 11.6 Å². The van der Waals surface area contributed by atoms with Crippen molar-refractivity contribution in [3.05, 3.63) is 47.5 Å². The smallest absolute Gasteiger partial charge is 0.326 e. The van der Waals surface area contributed by atoms with Crippen LogP contribution in [0.15, 0.2) is 36.4 Å². The molecular weight excluding hydrogens is 727 g/mol. The average molecular weight is 792 g/mol. The molecule has 1 aliphatic rings. The molecule has 0 spiro atoms. The Morgan fingerprint density at radius 2 is 1.37 bits per heavy atom. The molecule has 12 nitrogen and oxygen atoms in total. The van der Waals surface area contributed by atoms with Crippen LogP contribution in [0.3, 0.4) is 0 Å². The third kappa shape index (κ3) is 14.6. The van der Waals surface area contributed by atoms with E-state index in [4.69, 9.17) is 0 Å². The monoisotopic (exact) mass is 791 g/mol. The molecule has 3 rings (SSSR count). The van der Waals surface area contributed by atoms with Crippen molar-refractivity contribution in [3.8, 4) is 22.6 Å². The fraction of sp³-hybridized carbons (Fsp3) is 0.600. The lowest BCUT2D eigenvalue weighted by molar-refractivity contribution is -0.143. The Morgan fingerprint density at radius 3 is 1.96 bits per heavy atom. The van der Waals surface area contributed by atoms with Crippen LogP contribution in [0.25, 0.3) is 11.1 Å². The van der Waals surface area contributed by atoms with Crippen molar-refractivity contribution in [2.24, 2.45) is 11.8 Å². The van der Waals surface area contributed by atoms with Gasteiger partial charge in [0.2, 0.25) is 17.7 Å². The molecule has 5 atom stereocenters. The van der Waals surface area contributed by atoms with Gasteiger partial charge in [-0.3, -0.25) is 24.0 Å². The Labute approximate surface area is 338 Å². The topological polar surface area (TPSA) is 190 Å². The fourth-order valence-electron chi connectivity index (χ4n) is 7.37. The van der Waals surface area contributed by atoms with Gasteiger partial charge in [0.05, 0.1) is 6.04 Å². The number of ketones is 2. The van der Waals surface area contributed by atoms with E-state index in [-0.39, 0.29) is 65.9 Å². The van der Waals surface area contributed by atoms with Gasteiger partial charge in [-0.2, -0.15) is 0 Å². The molecule has 0 saturated carbocycles. The minimum absolute atomic E-state index is 0.116. The Kier molecular flexibility index (Phi) is 19.2. The van der Waals surface area contributed by atoms with Crippen LogP contribution in [0.4, 0.5) is 0 Å². The molecule has 1 heterocycles. The number of nitrogens with one attached hydrogen (secondary N) is 2. The van der Waals surface area contributed by atoms with Crippen LogP contribution in [-0.2, 0) is 35.2 Å². The molecule has 2 aromatic rings. The first-order chi connectivity index (χ1) is 27.1. The lowest BCUT2D eigenvalue weighted by atomic mass is 9.89. The molecule has 0 saturated heterocycles. The maximum atomic E-state index is 14.0. The van der Waals surface area contributed by atoms with E-state index in [1.807, 2.05) is 6.92 Å². The van der Waals surface area contributed by atoms with Crippen LogP contribution >= 0.6 is 0 Å². The van der Waals surface area contributed by atoms with Gasteiger partial charge in [-0.25, -0.2) is 4.79 Å². The number of fused-ring (bicyclic) bond motifs is 5. The van der Waals surface area contributed by atoms with Crippen LogP contribution in [0, 0.1) is 11.8 Å². The van der Waals surface area contributed by atoms with E-state index in [0.717, 1.165) is 25.7 Å². The number of phenols is 2. The van der Waals surface area contributed by atoms with Gasteiger partial charge >= 0.3 is 5.97 Å². The van der Waals surface area contributed by atoms with Crippen LogP contribution in [-0.4, -0.2) is 74.6 Å². The Bertz CT molecular complexity index is 1690. The van der Waals surface area contributed by atoms with Gasteiger partial charge in [0.25, 0.3) is 0 Å². The highest BCUT2D eigenvalue weighted by Crippen LogP contribution is 2.39. The predicted octanol–water partition coefficient (Wildman–Crippen LogP) is 7.57. The van der Waals surface area contributed by atoms with E-state index >= 15 is 0 Å². The van der Waals surface area contributed by atoms with E-state index in [2.05, 4.69) is 17.6 Å². The van der Waals surface area contributed by atoms with Crippen LogP contribution < -0.4 is 10.6 Å². The Morgan fingerprint density at radius 1 is 0.807 bits per heavy atom. The standard InChI is InChI=1S/C45H65N3O9/c1-6-7-8-9-10-11-12-13-14-15-16-17-18-29(2)43(54)46-31(4)37(49)23-24-41(53)48(5)42-33-20-22-39(51)35(28-33)34-26-32(19-21-38(34)50)27-36(45(56)57)47-44(55)30(3)25-40(42)52/h19-22,26,28-31,36,42,50-51H,6-18,23-25,27H2,1-5H3,(H,46,54)(H,47,55)(H,56,57)/t29?,30-,31-,36+,42+/m1/s1. The molecule has 57 heavy (non-hydrogen) atoms. The summed E-state index contributed by atoms with van der Waals surface area (Å²) in [5.41, 5.74) is 1.09. The average Bonchev–Trinajstić information content (AvgIpc) is 3.17. The van der Waals surface area contributed by atoms with Crippen molar-refractivity contribution in [1.82, 2.24) is 15.5 Å². The second kappa shape index (κ2) is 23.5. The Balaban J connectivity index is 1.61. The molecule has 3 amide bonds. The second-order valence-corrected chi connectivity index (χ2v) is 16.0. The maximum absolute atomic E-state index is 14.0. The Hall–Kier alpha value is -4.74. The van der Waals surface area contributed by atoms with Crippen molar-refractivity contribution in [3.63, 3.8) is 0 Å². The van der Waals surface area contributed by atoms with Crippen molar-refractivity contribution >= 4 is 35.3 Å². The number of carbonyl (C=O) groups is 6. The maximum Gasteiger partial charge on any atom is 0.326 e. The molecule has 314 valence electrons. The normalized spacial score (nSPS) is 18.2. The molecule has 0 radical (unpaired) electrons. The molecule has 2 aromatic carbocycles. The van der Waals surface area contributed by atoms with Crippen molar-refractivity contribution < 1.29 is 44.1 Å².